The Hall–Kier alpha value is -1.07. The third kappa shape index (κ3) is 1.98. The number of methoxy groups -OCH3 is 1. The lowest BCUT2D eigenvalue weighted by atomic mass is 10.0. The van der Waals surface area contributed by atoms with Crippen molar-refractivity contribution in [3.8, 4) is 0 Å². The van der Waals surface area contributed by atoms with Crippen LogP contribution in [0.5, 0.6) is 0 Å². The van der Waals surface area contributed by atoms with Crippen molar-refractivity contribution >= 4 is 0 Å². The number of benzene rings is 1. The Morgan fingerprint density at radius 3 is 2.07 bits per heavy atom. The Bertz CT molecular complexity index is 348. The Labute approximate surface area is 85.3 Å². The fraction of sp³-hybridized carbons (Fsp3) is 0.400. The zero-order chi connectivity index (χ0) is 11.6. The molecule has 0 fully saturated rings. The van der Waals surface area contributed by atoms with E-state index in [0.717, 1.165) is 0 Å². The van der Waals surface area contributed by atoms with Crippen molar-refractivity contribution in [2.24, 2.45) is 0 Å². The highest BCUT2D eigenvalue weighted by atomic mass is 19.2. The second-order valence-electron chi connectivity index (χ2n) is 3.12. The molecule has 0 spiro atoms. The maximum absolute atomic E-state index is 13.5. The second kappa shape index (κ2) is 4.63. The van der Waals surface area contributed by atoms with Gasteiger partial charge in [-0.3, -0.25) is 0 Å². The molecule has 0 aliphatic carbocycles. The lowest BCUT2D eigenvalue weighted by molar-refractivity contribution is 0.175. The molecule has 0 atom stereocenters. The Balaban J connectivity index is 3.44. The lowest BCUT2D eigenvalue weighted by Crippen LogP contribution is -2.08. The van der Waals surface area contributed by atoms with Crippen molar-refractivity contribution in [1.29, 1.82) is 0 Å². The van der Waals surface area contributed by atoms with Crippen LogP contribution in [-0.2, 0) is 18.0 Å². The van der Waals surface area contributed by atoms with Gasteiger partial charge < -0.3 is 9.84 Å². The van der Waals surface area contributed by atoms with Gasteiger partial charge in [0.1, 0.15) is 5.82 Å². The molecule has 2 nitrogen and oxygen atoms in total. The molecule has 15 heavy (non-hydrogen) atoms. The van der Waals surface area contributed by atoms with Gasteiger partial charge in [0, 0.05) is 12.7 Å². The number of halogens is 3. The lowest BCUT2D eigenvalue weighted by Gasteiger charge is -2.11. The molecule has 5 heteroatoms. The van der Waals surface area contributed by atoms with Gasteiger partial charge in [-0.25, -0.2) is 13.2 Å². The van der Waals surface area contributed by atoms with Crippen LogP contribution < -0.4 is 0 Å². The van der Waals surface area contributed by atoms with Crippen molar-refractivity contribution in [2.45, 2.75) is 20.1 Å². The number of aliphatic hydroxyl groups excluding tert-OH is 1. The van der Waals surface area contributed by atoms with E-state index in [9.17, 15) is 13.2 Å². The number of ether oxygens (including phenoxy) is 1. The van der Waals surface area contributed by atoms with Gasteiger partial charge in [-0.1, -0.05) is 0 Å². The van der Waals surface area contributed by atoms with Crippen LogP contribution in [0.4, 0.5) is 13.2 Å². The molecule has 0 aliphatic rings. The first kappa shape index (κ1) is 12.0. The monoisotopic (exact) mass is 220 g/mol. The molecule has 0 aliphatic heterocycles. The van der Waals surface area contributed by atoms with Crippen LogP contribution in [0.1, 0.15) is 16.7 Å². The predicted octanol–water partition coefficient (Wildman–Crippen LogP) is 2.05. The summed E-state index contributed by atoms with van der Waals surface area (Å²) in [4.78, 5) is 0. The average Bonchev–Trinajstić information content (AvgIpc) is 2.23. The van der Waals surface area contributed by atoms with E-state index in [1.807, 2.05) is 0 Å². The van der Waals surface area contributed by atoms with E-state index in [4.69, 9.17) is 5.11 Å². The Kier molecular flexibility index (Phi) is 3.71. The third-order valence-electron chi connectivity index (χ3n) is 2.22. The van der Waals surface area contributed by atoms with Crippen molar-refractivity contribution in [3.05, 3.63) is 34.1 Å². The summed E-state index contributed by atoms with van der Waals surface area (Å²) in [6, 6.07) is 0. The number of hydrogen-bond acceptors (Lipinski definition) is 2. The van der Waals surface area contributed by atoms with Gasteiger partial charge in [0.25, 0.3) is 0 Å². The minimum Gasteiger partial charge on any atom is -0.392 e. The van der Waals surface area contributed by atoms with Crippen molar-refractivity contribution < 1.29 is 23.0 Å². The number of hydrogen-bond donors (Lipinski definition) is 1. The van der Waals surface area contributed by atoms with Crippen LogP contribution in [0, 0.1) is 24.4 Å². The van der Waals surface area contributed by atoms with Gasteiger partial charge in [0.05, 0.1) is 18.8 Å². The maximum atomic E-state index is 13.5. The molecule has 1 N–H and O–H groups in total. The smallest absolute Gasteiger partial charge is 0.167 e. The summed E-state index contributed by atoms with van der Waals surface area (Å²) in [5.74, 6) is -3.40. The topological polar surface area (TPSA) is 29.5 Å². The summed E-state index contributed by atoms with van der Waals surface area (Å²) >= 11 is 0. The van der Waals surface area contributed by atoms with E-state index in [-0.39, 0.29) is 17.7 Å². The number of aliphatic hydroxyl groups is 1. The highest BCUT2D eigenvalue weighted by Gasteiger charge is 2.21. The van der Waals surface area contributed by atoms with Gasteiger partial charge in [0.2, 0.25) is 0 Å². The Morgan fingerprint density at radius 1 is 1.07 bits per heavy atom. The zero-order valence-corrected chi connectivity index (χ0v) is 8.40. The Morgan fingerprint density at radius 2 is 1.60 bits per heavy atom. The van der Waals surface area contributed by atoms with Crippen LogP contribution in [0.25, 0.3) is 0 Å². The van der Waals surface area contributed by atoms with Crippen LogP contribution >= 0.6 is 0 Å². The standard InChI is InChI=1S/C10H11F3O2/c1-5-6(3-14)9(12)10(13)7(4-15-2)8(5)11/h14H,3-4H2,1-2H3. The van der Waals surface area contributed by atoms with Crippen molar-refractivity contribution in [2.75, 3.05) is 7.11 Å². The third-order valence-corrected chi connectivity index (χ3v) is 2.22. The fourth-order valence-corrected chi connectivity index (χ4v) is 1.34. The summed E-state index contributed by atoms with van der Waals surface area (Å²) in [5, 5.41) is 8.76. The minimum absolute atomic E-state index is 0.0940. The van der Waals surface area contributed by atoms with E-state index >= 15 is 0 Å². The van der Waals surface area contributed by atoms with Gasteiger partial charge in [-0.2, -0.15) is 0 Å². The highest BCUT2D eigenvalue weighted by molar-refractivity contribution is 5.35. The first-order chi connectivity index (χ1) is 7.04. The molecule has 0 saturated carbocycles. The summed E-state index contributed by atoms with van der Waals surface area (Å²) in [5.41, 5.74) is -0.905. The van der Waals surface area contributed by atoms with E-state index in [2.05, 4.69) is 4.74 Å². The summed E-state index contributed by atoms with van der Waals surface area (Å²) in [6.45, 7) is 0.197. The van der Waals surface area contributed by atoms with Crippen LogP contribution in [0.3, 0.4) is 0 Å². The van der Waals surface area contributed by atoms with Crippen LogP contribution in [0.2, 0.25) is 0 Å². The van der Waals surface area contributed by atoms with Gasteiger partial charge in [-0.05, 0) is 12.5 Å². The van der Waals surface area contributed by atoms with Crippen LogP contribution in [-0.4, -0.2) is 12.2 Å². The van der Waals surface area contributed by atoms with E-state index in [1.54, 1.807) is 0 Å². The first-order valence-corrected chi connectivity index (χ1v) is 4.29. The molecule has 0 heterocycles. The van der Waals surface area contributed by atoms with E-state index < -0.39 is 29.6 Å². The molecule has 0 saturated heterocycles. The van der Waals surface area contributed by atoms with Crippen molar-refractivity contribution in [3.63, 3.8) is 0 Å². The molecular formula is C10H11F3O2. The quantitative estimate of drug-likeness (QED) is 0.790. The average molecular weight is 220 g/mol. The highest BCUT2D eigenvalue weighted by Crippen LogP contribution is 2.25. The van der Waals surface area contributed by atoms with E-state index in [1.165, 1.54) is 14.0 Å². The summed E-state index contributed by atoms with van der Waals surface area (Å²) in [6.07, 6.45) is 0. The van der Waals surface area contributed by atoms with Gasteiger partial charge >= 0.3 is 0 Å². The molecular weight excluding hydrogens is 209 g/mol. The molecule has 0 bridgehead atoms. The second-order valence-corrected chi connectivity index (χ2v) is 3.12. The number of rotatable bonds is 3. The van der Waals surface area contributed by atoms with E-state index in [0.29, 0.717) is 0 Å². The molecule has 84 valence electrons. The largest absolute Gasteiger partial charge is 0.392 e. The molecule has 0 radical (unpaired) electrons. The fourth-order valence-electron chi connectivity index (χ4n) is 1.34. The normalized spacial score (nSPS) is 10.8. The zero-order valence-electron chi connectivity index (χ0n) is 8.40. The molecule has 1 aromatic rings. The van der Waals surface area contributed by atoms with Gasteiger partial charge in [0.15, 0.2) is 11.6 Å². The SMILES string of the molecule is COCc1c(F)c(C)c(CO)c(F)c1F. The van der Waals surface area contributed by atoms with Crippen LogP contribution in [0.15, 0.2) is 0 Å². The maximum Gasteiger partial charge on any atom is 0.167 e. The molecule has 1 rings (SSSR count). The van der Waals surface area contributed by atoms with Gasteiger partial charge in [-0.15, -0.1) is 0 Å². The molecule has 0 aromatic heterocycles. The summed E-state index contributed by atoms with van der Waals surface area (Å²) in [7, 11) is 1.26. The molecule has 1 aromatic carbocycles. The summed E-state index contributed by atoms with van der Waals surface area (Å²) < 4.78 is 44.6. The first-order valence-electron chi connectivity index (χ1n) is 4.29. The molecule has 0 unspecified atom stereocenters. The molecule has 0 amide bonds. The van der Waals surface area contributed by atoms with Crippen molar-refractivity contribution in [1.82, 2.24) is 0 Å². The predicted molar refractivity (Wildman–Crippen MR) is 47.7 cm³/mol. The minimum atomic E-state index is -1.30.